The smallest absolute Gasteiger partial charge is 0.130 e. The van der Waals surface area contributed by atoms with Gasteiger partial charge in [0.25, 0.3) is 0 Å². The molecule has 0 spiro atoms. The quantitative estimate of drug-likeness (QED) is 0.656. The van der Waals surface area contributed by atoms with E-state index in [2.05, 4.69) is 13.0 Å². The molecule has 0 aromatic heterocycles. The third-order valence-corrected chi connectivity index (χ3v) is 2.34. The molecule has 0 radical (unpaired) electrons. The van der Waals surface area contributed by atoms with Crippen LogP contribution in [-0.4, -0.2) is 17.5 Å². The first-order valence-electron chi connectivity index (χ1n) is 5.47. The number of carbonyl (C=O) groups excluding carboxylic acids is 1. The fourth-order valence-corrected chi connectivity index (χ4v) is 1.28. The average molecular weight is 210 g/mol. The second-order valence-electron chi connectivity index (χ2n) is 4.02. The minimum atomic E-state index is 0.124. The molecule has 0 bridgehead atoms. The molecule has 0 saturated heterocycles. The van der Waals surface area contributed by atoms with Gasteiger partial charge in [0, 0.05) is 6.42 Å². The molecule has 0 heterocycles. The average Bonchev–Trinajstić information content (AvgIpc) is 2.15. The van der Waals surface area contributed by atoms with Gasteiger partial charge in [-0.05, 0) is 40.0 Å². The van der Waals surface area contributed by atoms with Crippen molar-refractivity contribution in [3.63, 3.8) is 0 Å². The predicted octanol–water partition coefficient (Wildman–Crippen LogP) is 3.02. The van der Waals surface area contributed by atoms with Gasteiger partial charge >= 0.3 is 0 Å². The van der Waals surface area contributed by atoms with Crippen LogP contribution in [-0.2, 0) is 4.79 Å². The van der Waals surface area contributed by atoms with Gasteiger partial charge in [-0.15, -0.1) is 0 Å². The van der Waals surface area contributed by atoms with Crippen LogP contribution < -0.4 is 0 Å². The lowest BCUT2D eigenvalue weighted by atomic mass is 10.1. The summed E-state index contributed by atoms with van der Waals surface area (Å²) >= 11 is 0. The standard InChI is InChI=1S/C13H22O2/c1-11(7-8-13(3)15)5-4-6-12(2)9-10-14/h5,9,14H,4,6-8,10H2,1-3H3/b11-5?,12-9+. The molecule has 0 aromatic rings. The Morgan fingerprint density at radius 2 is 1.60 bits per heavy atom. The van der Waals surface area contributed by atoms with Gasteiger partial charge in [-0.3, -0.25) is 0 Å². The molecular formula is C13H22O2. The van der Waals surface area contributed by atoms with Crippen LogP contribution in [0.1, 0.15) is 46.5 Å². The molecule has 0 rings (SSSR count). The molecule has 0 aromatic carbocycles. The van der Waals surface area contributed by atoms with Crippen molar-refractivity contribution in [3.05, 3.63) is 23.3 Å². The Kier molecular flexibility index (Phi) is 7.92. The molecule has 0 fully saturated rings. The van der Waals surface area contributed by atoms with Crippen molar-refractivity contribution in [2.24, 2.45) is 0 Å². The van der Waals surface area contributed by atoms with Crippen LogP contribution in [0.4, 0.5) is 0 Å². The lowest BCUT2D eigenvalue weighted by molar-refractivity contribution is -0.116. The van der Waals surface area contributed by atoms with E-state index in [0.717, 1.165) is 19.3 Å². The molecule has 0 aliphatic rings. The summed E-state index contributed by atoms with van der Waals surface area (Å²) in [6.07, 6.45) is 7.51. The third-order valence-electron chi connectivity index (χ3n) is 2.34. The summed E-state index contributed by atoms with van der Waals surface area (Å²) in [4.78, 5) is 10.8. The van der Waals surface area contributed by atoms with Gasteiger partial charge < -0.3 is 9.90 Å². The molecule has 0 unspecified atom stereocenters. The van der Waals surface area contributed by atoms with E-state index in [1.165, 1.54) is 11.1 Å². The van der Waals surface area contributed by atoms with Crippen LogP contribution in [0.3, 0.4) is 0 Å². The van der Waals surface area contributed by atoms with Crippen LogP contribution in [0.5, 0.6) is 0 Å². The Morgan fingerprint density at radius 1 is 1.00 bits per heavy atom. The SMILES string of the molecule is CC(=O)CCC(C)=CCC/C(C)=C/CO. The van der Waals surface area contributed by atoms with Crippen LogP contribution in [0, 0.1) is 0 Å². The first-order valence-corrected chi connectivity index (χ1v) is 5.47. The maximum absolute atomic E-state index is 10.8. The maximum Gasteiger partial charge on any atom is 0.130 e. The second kappa shape index (κ2) is 8.42. The summed E-state index contributed by atoms with van der Waals surface area (Å²) in [5.41, 5.74) is 2.50. The van der Waals surface area contributed by atoms with E-state index in [1.54, 1.807) is 6.92 Å². The number of hydrogen-bond acceptors (Lipinski definition) is 2. The molecule has 2 heteroatoms. The summed E-state index contributed by atoms with van der Waals surface area (Å²) in [5, 5.41) is 8.66. The topological polar surface area (TPSA) is 37.3 Å². The van der Waals surface area contributed by atoms with Crippen LogP contribution in [0.25, 0.3) is 0 Å². The lowest BCUT2D eigenvalue weighted by Crippen LogP contribution is -1.90. The summed E-state index contributed by atoms with van der Waals surface area (Å²) in [7, 11) is 0. The number of ketones is 1. The van der Waals surface area contributed by atoms with Gasteiger partial charge in [0.15, 0.2) is 0 Å². The normalized spacial score (nSPS) is 13.1. The van der Waals surface area contributed by atoms with E-state index in [0.29, 0.717) is 6.42 Å². The van der Waals surface area contributed by atoms with Crippen molar-refractivity contribution >= 4 is 5.78 Å². The molecule has 0 amide bonds. The zero-order chi connectivity index (χ0) is 11.7. The monoisotopic (exact) mass is 210 g/mol. The van der Waals surface area contributed by atoms with Crippen LogP contribution >= 0.6 is 0 Å². The molecule has 0 saturated carbocycles. The van der Waals surface area contributed by atoms with Gasteiger partial charge in [-0.1, -0.05) is 23.3 Å². The minimum absolute atomic E-state index is 0.124. The van der Waals surface area contributed by atoms with Gasteiger partial charge in [-0.25, -0.2) is 0 Å². The van der Waals surface area contributed by atoms with E-state index in [1.807, 2.05) is 13.0 Å². The summed E-state index contributed by atoms with van der Waals surface area (Å²) in [6, 6.07) is 0. The zero-order valence-corrected chi connectivity index (χ0v) is 10.0. The van der Waals surface area contributed by atoms with Crippen molar-refractivity contribution in [2.75, 3.05) is 6.61 Å². The Bertz CT molecular complexity index is 249. The first-order chi connectivity index (χ1) is 7.06. The number of Topliss-reactive ketones (excluding diaryl/α,β-unsaturated/α-hetero) is 1. The molecule has 0 aliphatic carbocycles. The maximum atomic E-state index is 10.8. The van der Waals surface area contributed by atoms with Gasteiger partial charge in [0.1, 0.15) is 5.78 Å². The first kappa shape index (κ1) is 14.1. The number of carbonyl (C=O) groups is 1. The number of rotatable bonds is 7. The van der Waals surface area contributed by atoms with E-state index in [4.69, 9.17) is 5.11 Å². The number of hydrogen-bond donors (Lipinski definition) is 1. The van der Waals surface area contributed by atoms with E-state index >= 15 is 0 Å². The van der Waals surface area contributed by atoms with E-state index < -0.39 is 0 Å². The Balaban J connectivity index is 3.76. The van der Waals surface area contributed by atoms with Crippen molar-refractivity contribution in [1.29, 1.82) is 0 Å². The van der Waals surface area contributed by atoms with E-state index in [-0.39, 0.29) is 12.4 Å². The highest BCUT2D eigenvalue weighted by atomic mass is 16.2. The van der Waals surface area contributed by atoms with Gasteiger partial charge in [0.05, 0.1) is 6.61 Å². The predicted molar refractivity (Wildman–Crippen MR) is 63.7 cm³/mol. The molecule has 1 N–H and O–H groups in total. The molecule has 0 aliphatic heterocycles. The molecular weight excluding hydrogens is 188 g/mol. The Morgan fingerprint density at radius 3 is 2.13 bits per heavy atom. The minimum Gasteiger partial charge on any atom is -0.392 e. The van der Waals surface area contributed by atoms with Crippen LogP contribution in [0.15, 0.2) is 23.3 Å². The number of aliphatic hydroxyl groups excluding tert-OH is 1. The van der Waals surface area contributed by atoms with Gasteiger partial charge in [-0.2, -0.15) is 0 Å². The molecule has 15 heavy (non-hydrogen) atoms. The number of aliphatic hydroxyl groups is 1. The number of allylic oxidation sites excluding steroid dienone is 3. The Hall–Kier alpha value is -0.890. The fraction of sp³-hybridized carbons (Fsp3) is 0.615. The van der Waals surface area contributed by atoms with Crippen LogP contribution in [0.2, 0.25) is 0 Å². The van der Waals surface area contributed by atoms with Crippen molar-refractivity contribution in [1.82, 2.24) is 0 Å². The fourth-order valence-electron chi connectivity index (χ4n) is 1.28. The molecule has 0 atom stereocenters. The highest BCUT2D eigenvalue weighted by Crippen LogP contribution is 2.10. The second-order valence-corrected chi connectivity index (χ2v) is 4.02. The van der Waals surface area contributed by atoms with E-state index in [9.17, 15) is 4.79 Å². The van der Waals surface area contributed by atoms with Crippen molar-refractivity contribution in [3.8, 4) is 0 Å². The summed E-state index contributed by atoms with van der Waals surface area (Å²) in [6.45, 7) is 5.84. The zero-order valence-electron chi connectivity index (χ0n) is 10.0. The summed E-state index contributed by atoms with van der Waals surface area (Å²) in [5.74, 6) is 0.249. The summed E-state index contributed by atoms with van der Waals surface area (Å²) < 4.78 is 0. The van der Waals surface area contributed by atoms with Crippen molar-refractivity contribution in [2.45, 2.75) is 46.5 Å². The Labute approximate surface area is 92.7 Å². The van der Waals surface area contributed by atoms with Crippen molar-refractivity contribution < 1.29 is 9.90 Å². The lowest BCUT2D eigenvalue weighted by Gasteiger charge is -2.00. The largest absolute Gasteiger partial charge is 0.392 e. The highest BCUT2D eigenvalue weighted by molar-refractivity contribution is 5.75. The third kappa shape index (κ3) is 9.42. The van der Waals surface area contributed by atoms with Gasteiger partial charge in [0.2, 0.25) is 0 Å². The highest BCUT2D eigenvalue weighted by Gasteiger charge is 1.95. The molecule has 86 valence electrons. The molecule has 2 nitrogen and oxygen atoms in total.